The van der Waals surface area contributed by atoms with Crippen LogP contribution in [0.5, 0.6) is 0 Å². The molecule has 1 rings (SSSR count). The van der Waals surface area contributed by atoms with Gasteiger partial charge in [0.05, 0.1) is 19.6 Å². The van der Waals surface area contributed by atoms with E-state index in [2.05, 4.69) is 9.57 Å². The molecule has 0 N–H and O–H groups in total. The van der Waals surface area contributed by atoms with Crippen molar-refractivity contribution in [2.75, 3.05) is 13.2 Å². The third-order valence-corrected chi connectivity index (χ3v) is 1.20. The monoisotopic (exact) mass is 159 g/mol. The summed E-state index contributed by atoms with van der Waals surface area (Å²) in [6.07, 6.45) is -0.478. The number of nitrogens with zero attached hydrogens (tertiary/aromatic N) is 1. The zero-order chi connectivity index (χ0) is 8.27. The molecule has 5 heteroatoms. The van der Waals surface area contributed by atoms with E-state index in [4.69, 9.17) is 0 Å². The van der Waals surface area contributed by atoms with Gasteiger partial charge < -0.3 is 4.74 Å². The SMILES string of the molecule is CCOC(=O)N1OCCC1=O. The number of carbonyl (C=O) groups is 2. The van der Waals surface area contributed by atoms with Crippen molar-refractivity contribution in [2.24, 2.45) is 0 Å². The minimum atomic E-state index is -0.727. The van der Waals surface area contributed by atoms with Crippen molar-refractivity contribution in [3.63, 3.8) is 0 Å². The van der Waals surface area contributed by atoms with Crippen LogP contribution in [0.1, 0.15) is 13.3 Å². The van der Waals surface area contributed by atoms with Crippen molar-refractivity contribution in [1.82, 2.24) is 5.06 Å². The highest BCUT2D eigenvalue weighted by Gasteiger charge is 2.29. The van der Waals surface area contributed by atoms with E-state index in [9.17, 15) is 9.59 Å². The molecule has 11 heavy (non-hydrogen) atoms. The van der Waals surface area contributed by atoms with E-state index in [1.807, 2.05) is 0 Å². The molecule has 1 fully saturated rings. The Kier molecular flexibility index (Phi) is 2.43. The summed E-state index contributed by atoms with van der Waals surface area (Å²) in [5.74, 6) is -0.344. The van der Waals surface area contributed by atoms with Gasteiger partial charge in [-0.15, -0.1) is 5.06 Å². The lowest BCUT2D eigenvalue weighted by Gasteiger charge is -2.10. The van der Waals surface area contributed by atoms with Gasteiger partial charge >= 0.3 is 6.09 Å². The Bertz CT molecular complexity index is 179. The smallest absolute Gasteiger partial charge is 0.441 e. The molecular weight excluding hydrogens is 150 g/mol. The normalized spacial score (nSPS) is 17.2. The van der Waals surface area contributed by atoms with Crippen molar-refractivity contribution < 1.29 is 19.2 Å². The van der Waals surface area contributed by atoms with Crippen molar-refractivity contribution in [3.05, 3.63) is 0 Å². The lowest BCUT2D eigenvalue weighted by Crippen LogP contribution is -2.31. The predicted octanol–water partition coefficient (Wildman–Crippen LogP) is 0.307. The lowest BCUT2D eigenvalue weighted by molar-refractivity contribution is -0.152. The Morgan fingerprint density at radius 3 is 3.00 bits per heavy atom. The first kappa shape index (κ1) is 8.00. The molecule has 0 aromatic carbocycles. The Balaban J connectivity index is 2.46. The molecule has 1 aliphatic rings. The highest BCUT2D eigenvalue weighted by Crippen LogP contribution is 2.07. The Hall–Kier alpha value is -1.10. The van der Waals surface area contributed by atoms with Crippen molar-refractivity contribution in [1.29, 1.82) is 0 Å². The molecule has 0 aliphatic carbocycles. The van der Waals surface area contributed by atoms with Gasteiger partial charge in [-0.25, -0.2) is 4.79 Å². The molecule has 0 saturated carbocycles. The van der Waals surface area contributed by atoms with Crippen molar-refractivity contribution in [3.8, 4) is 0 Å². The van der Waals surface area contributed by atoms with E-state index in [1.165, 1.54) is 0 Å². The van der Waals surface area contributed by atoms with E-state index >= 15 is 0 Å². The molecule has 1 aliphatic heterocycles. The molecule has 1 heterocycles. The van der Waals surface area contributed by atoms with E-state index < -0.39 is 6.09 Å². The van der Waals surface area contributed by atoms with Crippen LogP contribution >= 0.6 is 0 Å². The number of amides is 2. The summed E-state index contributed by atoms with van der Waals surface area (Å²) in [4.78, 5) is 26.3. The molecule has 0 atom stereocenters. The van der Waals surface area contributed by atoms with Crippen LogP contribution in [0.4, 0.5) is 4.79 Å². The van der Waals surface area contributed by atoms with Gasteiger partial charge in [-0.05, 0) is 6.92 Å². The topological polar surface area (TPSA) is 55.8 Å². The van der Waals surface area contributed by atoms with Gasteiger partial charge in [-0.1, -0.05) is 0 Å². The molecule has 0 unspecified atom stereocenters. The van der Waals surface area contributed by atoms with Crippen LogP contribution in [-0.4, -0.2) is 30.3 Å². The third-order valence-electron chi connectivity index (χ3n) is 1.20. The number of hydroxylamine groups is 2. The summed E-state index contributed by atoms with van der Waals surface area (Å²) in [6, 6.07) is 0. The number of hydrogen-bond acceptors (Lipinski definition) is 4. The van der Waals surface area contributed by atoms with Crippen LogP contribution in [0, 0.1) is 0 Å². The zero-order valence-corrected chi connectivity index (χ0v) is 6.20. The van der Waals surface area contributed by atoms with Gasteiger partial charge in [0.2, 0.25) is 0 Å². The van der Waals surface area contributed by atoms with Gasteiger partial charge in [-0.3, -0.25) is 9.63 Å². The minimum absolute atomic E-state index is 0.242. The average molecular weight is 159 g/mol. The third kappa shape index (κ3) is 1.68. The van der Waals surface area contributed by atoms with Gasteiger partial charge in [0, 0.05) is 0 Å². The molecule has 5 nitrogen and oxygen atoms in total. The molecular formula is C6H9NO4. The van der Waals surface area contributed by atoms with Crippen LogP contribution in [0.15, 0.2) is 0 Å². The summed E-state index contributed by atoms with van der Waals surface area (Å²) in [6.45, 7) is 2.17. The summed E-state index contributed by atoms with van der Waals surface area (Å²) in [5, 5.41) is 0.656. The quantitative estimate of drug-likeness (QED) is 0.552. The maximum atomic E-state index is 10.8. The van der Waals surface area contributed by atoms with E-state index in [0.29, 0.717) is 5.06 Å². The number of carbonyl (C=O) groups excluding carboxylic acids is 2. The molecule has 0 spiro atoms. The van der Waals surface area contributed by atoms with Gasteiger partial charge in [0.15, 0.2) is 0 Å². The fourth-order valence-corrected chi connectivity index (χ4v) is 0.734. The predicted molar refractivity (Wildman–Crippen MR) is 34.4 cm³/mol. The molecule has 1 saturated heterocycles. The maximum Gasteiger partial charge on any atom is 0.441 e. The van der Waals surface area contributed by atoms with Crippen LogP contribution in [0.25, 0.3) is 0 Å². The fraction of sp³-hybridized carbons (Fsp3) is 0.667. The summed E-state index contributed by atoms with van der Waals surface area (Å²) in [5.41, 5.74) is 0. The highest BCUT2D eigenvalue weighted by atomic mass is 16.7. The second-order valence-corrected chi connectivity index (χ2v) is 1.97. The van der Waals surface area contributed by atoms with Gasteiger partial charge in [0.25, 0.3) is 5.91 Å². The van der Waals surface area contributed by atoms with Crippen LogP contribution in [0.3, 0.4) is 0 Å². The zero-order valence-electron chi connectivity index (χ0n) is 6.20. The average Bonchev–Trinajstić information content (AvgIpc) is 2.36. The van der Waals surface area contributed by atoms with Crippen molar-refractivity contribution in [2.45, 2.75) is 13.3 Å². The van der Waals surface area contributed by atoms with Crippen LogP contribution < -0.4 is 0 Å². The van der Waals surface area contributed by atoms with Crippen LogP contribution in [0.2, 0.25) is 0 Å². The maximum absolute atomic E-state index is 10.8. The molecule has 0 bridgehead atoms. The Morgan fingerprint density at radius 2 is 2.55 bits per heavy atom. The van der Waals surface area contributed by atoms with Gasteiger partial charge in [-0.2, -0.15) is 0 Å². The van der Waals surface area contributed by atoms with E-state index in [-0.39, 0.29) is 25.5 Å². The molecule has 0 aromatic heterocycles. The fourth-order valence-electron chi connectivity index (χ4n) is 0.734. The van der Waals surface area contributed by atoms with Crippen molar-refractivity contribution >= 4 is 12.0 Å². The Morgan fingerprint density at radius 1 is 1.82 bits per heavy atom. The van der Waals surface area contributed by atoms with E-state index in [0.717, 1.165) is 0 Å². The number of ether oxygens (including phenoxy) is 1. The second kappa shape index (κ2) is 3.34. The molecule has 0 aromatic rings. The standard InChI is InChI=1S/C6H9NO4/c1-2-10-6(9)7-5(8)3-4-11-7/h2-4H2,1H3. The molecule has 2 amide bonds. The van der Waals surface area contributed by atoms with Gasteiger partial charge in [0.1, 0.15) is 0 Å². The second-order valence-electron chi connectivity index (χ2n) is 1.97. The molecule has 0 radical (unpaired) electrons. The number of hydrogen-bond donors (Lipinski definition) is 0. The van der Waals surface area contributed by atoms with Crippen LogP contribution in [-0.2, 0) is 14.4 Å². The summed E-state index contributed by atoms with van der Waals surface area (Å²) in [7, 11) is 0. The minimum Gasteiger partial charge on any atom is -0.448 e. The Labute approximate surface area is 63.8 Å². The summed E-state index contributed by atoms with van der Waals surface area (Å²) < 4.78 is 4.54. The number of rotatable bonds is 1. The first-order valence-electron chi connectivity index (χ1n) is 3.38. The number of imide groups is 1. The van der Waals surface area contributed by atoms with E-state index in [1.54, 1.807) is 6.92 Å². The molecule has 62 valence electrons. The first-order chi connectivity index (χ1) is 5.25. The summed E-state index contributed by atoms with van der Waals surface area (Å²) >= 11 is 0. The first-order valence-corrected chi connectivity index (χ1v) is 3.38. The lowest BCUT2D eigenvalue weighted by atomic mass is 10.4. The largest absolute Gasteiger partial charge is 0.448 e. The highest BCUT2D eigenvalue weighted by molar-refractivity contribution is 5.91.